The third-order valence-corrected chi connectivity index (χ3v) is 3.41. The van der Waals surface area contributed by atoms with E-state index in [0.29, 0.717) is 13.2 Å². The highest BCUT2D eigenvalue weighted by molar-refractivity contribution is 5.83. The normalized spacial score (nSPS) is 25.9. The Morgan fingerprint density at radius 3 is 3.19 bits per heavy atom. The molecule has 1 aromatic heterocycles. The van der Waals surface area contributed by atoms with Gasteiger partial charge in [0.05, 0.1) is 24.7 Å². The Morgan fingerprint density at radius 2 is 2.50 bits per heavy atom. The third kappa shape index (κ3) is 1.35. The number of aryl methyl sites for hydroxylation is 1. The van der Waals surface area contributed by atoms with E-state index in [1.807, 2.05) is 13.1 Å². The molecule has 1 aromatic rings. The lowest BCUT2D eigenvalue weighted by Gasteiger charge is -2.36. The van der Waals surface area contributed by atoms with Crippen LogP contribution < -0.4 is 5.32 Å². The van der Waals surface area contributed by atoms with Crippen LogP contribution in [-0.4, -0.2) is 28.7 Å². The zero-order valence-electron chi connectivity index (χ0n) is 9.27. The second-order valence-corrected chi connectivity index (χ2v) is 4.85. The van der Waals surface area contributed by atoms with Gasteiger partial charge in [-0.05, 0) is 13.3 Å². The van der Waals surface area contributed by atoms with Gasteiger partial charge in [-0.15, -0.1) is 0 Å². The van der Waals surface area contributed by atoms with E-state index in [9.17, 15) is 4.79 Å². The van der Waals surface area contributed by atoms with Crippen molar-refractivity contribution in [1.29, 1.82) is 0 Å². The maximum Gasteiger partial charge on any atom is 0.231 e. The maximum absolute atomic E-state index is 12.0. The number of rotatable bonds is 2. The van der Waals surface area contributed by atoms with E-state index in [-0.39, 0.29) is 17.4 Å². The van der Waals surface area contributed by atoms with Gasteiger partial charge in [0.25, 0.3) is 0 Å². The van der Waals surface area contributed by atoms with E-state index in [0.717, 1.165) is 18.8 Å². The summed E-state index contributed by atoms with van der Waals surface area (Å²) < 4.78 is 7.18. The lowest BCUT2D eigenvalue weighted by atomic mass is 9.87. The molecule has 1 fully saturated rings. The number of ether oxygens (including phenoxy) is 1. The second kappa shape index (κ2) is 3.31. The summed E-state index contributed by atoms with van der Waals surface area (Å²) in [5.74, 6) is 1.05. The minimum atomic E-state index is -0.333. The van der Waals surface area contributed by atoms with Crippen LogP contribution in [0.2, 0.25) is 0 Å². The van der Waals surface area contributed by atoms with E-state index in [1.54, 1.807) is 6.20 Å². The predicted octanol–water partition coefficient (Wildman–Crippen LogP) is 0.481. The quantitative estimate of drug-likeness (QED) is 0.790. The monoisotopic (exact) mass is 221 g/mol. The lowest BCUT2D eigenvalue weighted by molar-refractivity contribution is -0.158. The molecule has 1 unspecified atom stereocenters. The van der Waals surface area contributed by atoms with Crippen LogP contribution in [-0.2, 0) is 16.1 Å². The minimum absolute atomic E-state index is 0.0694. The molecule has 0 aliphatic carbocycles. The van der Waals surface area contributed by atoms with Crippen LogP contribution in [0.1, 0.15) is 25.2 Å². The Balaban J connectivity index is 1.70. The van der Waals surface area contributed by atoms with Crippen molar-refractivity contribution in [2.45, 2.75) is 25.9 Å². The minimum Gasteiger partial charge on any atom is -0.379 e. The molecule has 2 aliphatic rings. The zero-order chi connectivity index (χ0) is 11.2. The summed E-state index contributed by atoms with van der Waals surface area (Å²) in [5.41, 5.74) is -0.333. The van der Waals surface area contributed by atoms with Crippen LogP contribution in [0.5, 0.6) is 0 Å². The van der Waals surface area contributed by atoms with Gasteiger partial charge in [-0.1, -0.05) is 0 Å². The van der Waals surface area contributed by atoms with E-state index in [2.05, 4.69) is 14.9 Å². The van der Waals surface area contributed by atoms with Crippen LogP contribution in [0, 0.1) is 5.41 Å². The number of carbonyl (C=O) groups is 1. The summed E-state index contributed by atoms with van der Waals surface area (Å²) in [4.78, 5) is 16.3. The number of carbonyl (C=O) groups excluding carboxylic acids is 1. The average molecular weight is 221 g/mol. The van der Waals surface area contributed by atoms with Gasteiger partial charge >= 0.3 is 0 Å². The van der Waals surface area contributed by atoms with Gasteiger partial charge in [0.2, 0.25) is 5.91 Å². The van der Waals surface area contributed by atoms with Gasteiger partial charge in [0.15, 0.2) is 0 Å². The molecule has 1 N–H and O–H groups in total. The molecule has 1 amide bonds. The Kier molecular flexibility index (Phi) is 2.04. The summed E-state index contributed by atoms with van der Waals surface area (Å²) in [6.45, 7) is 3.93. The van der Waals surface area contributed by atoms with E-state index >= 15 is 0 Å². The molecule has 5 nitrogen and oxygen atoms in total. The second-order valence-electron chi connectivity index (χ2n) is 4.85. The van der Waals surface area contributed by atoms with Gasteiger partial charge in [0.1, 0.15) is 5.82 Å². The fourth-order valence-electron chi connectivity index (χ4n) is 2.23. The van der Waals surface area contributed by atoms with Gasteiger partial charge in [0, 0.05) is 18.9 Å². The van der Waals surface area contributed by atoms with E-state index in [1.165, 1.54) is 0 Å². The third-order valence-electron chi connectivity index (χ3n) is 3.41. The van der Waals surface area contributed by atoms with Crippen molar-refractivity contribution in [3.8, 4) is 0 Å². The van der Waals surface area contributed by atoms with Crippen molar-refractivity contribution in [2.24, 2.45) is 5.41 Å². The number of amides is 1. The summed E-state index contributed by atoms with van der Waals surface area (Å²) in [6.07, 6.45) is 4.67. The largest absolute Gasteiger partial charge is 0.379 e. The summed E-state index contributed by atoms with van der Waals surface area (Å²) >= 11 is 0. The standard InChI is InChI=1S/C11H15N3O2/c1-11(6-16-7-11)10(15)13-8-2-4-14-5-3-12-9(8)14/h3,5,8H,2,4,6-7H2,1H3,(H,13,15). The molecular formula is C11H15N3O2. The van der Waals surface area contributed by atoms with Crippen molar-refractivity contribution in [1.82, 2.24) is 14.9 Å². The van der Waals surface area contributed by atoms with Crippen molar-refractivity contribution in [3.63, 3.8) is 0 Å². The molecule has 86 valence electrons. The van der Waals surface area contributed by atoms with Crippen LogP contribution in [0.4, 0.5) is 0 Å². The Labute approximate surface area is 93.8 Å². The highest BCUT2D eigenvalue weighted by atomic mass is 16.5. The number of nitrogens with one attached hydrogen (secondary N) is 1. The van der Waals surface area contributed by atoms with Gasteiger partial charge in [-0.3, -0.25) is 4.79 Å². The molecule has 16 heavy (non-hydrogen) atoms. The number of fused-ring (bicyclic) bond motifs is 1. The lowest BCUT2D eigenvalue weighted by Crippen LogP contribution is -2.52. The number of aromatic nitrogens is 2. The van der Waals surface area contributed by atoms with Gasteiger partial charge in [-0.25, -0.2) is 4.98 Å². The molecular weight excluding hydrogens is 206 g/mol. The van der Waals surface area contributed by atoms with E-state index in [4.69, 9.17) is 4.74 Å². The Morgan fingerprint density at radius 1 is 1.69 bits per heavy atom. The number of nitrogens with zero attached hydrogens (tertiary/aromatic N) is 2. The van der Waals surface area contributed by atoms with Gasteiger partial charge in [-0.2, -0.15) is 0 Å². The van der Waals surface area contributed by atoms with Crippen molar-refractivity contribution in [2.75, 3.05) is 13.2 Å². The molecule has 0 bridgehead atoms. The van der Waals surface area contributed by atoms with Crippen molar-refractivity contribution < 1.29 is 9.53 Å². The number of hydrogen-bond acceptors (Lipinski definition) is 3. The summed E-state index contributed by atoms with van der Waals surface area (Å²) in [5, 5.41) is 3.06. The number of hydrogen-bond donors (Lipinski definition) is 1. The SMILES string of the molecule is CC1(C(=O)NC2CCn3ccnc32)COC1. The van der Waals surface area contributed by atoms with Crippen LogP contribution >= 0.6 is 0 Å². The molecule has 1 saturated heterocycles. The average Bonchev–Trinajstić information content (AvgIpc) is 2.79. The molecule has 5 heteroatoms. The van der Waals surface area contributed by atoms with E-state index < -0.39 is 0 Å². The highest BCUT2D eigenvalue weighted by Gasteiger charge is 2.42. The molecule has 2 aliphatic heterocycles. The maximum atomic E-state index is 12.0. The predicted molar refractivity (Wildman–Crippen MR) is 56.7 cm³/mol. The smallest absolute Gasteiger partial charge is 0.231 e. The topological polar surface area (TPSA) is 56.2 Å². The first-order chi connectivity index (χ1) is 7.69. The molecule has 0 radical (unpaired) electrons. The summed E-state index contributed by atoms with van der Waals surface area (Å²) in [6, 6.07) is 0.0694. The van der Waals surface area contributed by atoms with Crippen LogP contribution in [0.15, 0.2) is 12.4 Å². The van der Waals surface area contributed by atoms with Crippen molar-refractivity contribution >= 4 is 5.91 Å². The van der Waals surface area contributed by atoms with Crippen LogP contribution in [0.3, 0.4) is 0 Å². The summed E-state index contributed by atoms with van der Waals surface area (Å²) in [7, 11) is 0. The molecule has 1 atom stereocenters. The van der Waals surface area contributed by atoms with Gasteiger partial charge < -0.3 is 14.6 Å². The fraction of sp³-hybridized carbons (Fsp3) is 0.636. The Hall–Kier alpha value is -1.36. The highest BCUT2D eigenvalue weighted by Crippen LogP contribution is 2.30. The first kappa shape index (κ1) is 9.84. The zero-order valence-corrected chi connectivity index (χ0v) is 9.27. The van der Waals surface area contributed by atoms with Crippen LogP contribution in [0.25, 0.3) is 0 Å². The first-order valence-corrected chi connectivity index (χ1v) is 5.59. The molecule has 0 spiro atoms. The van der Waals surface area contributed by atoms with Crippen molar-refractivity contribution in [3.05, 3.63) is 18.2 Å². The molecule has 0 saturated carbocycles. The molecule has 0 aromatic carbocycles. The fourth-order valence-corrected chi connectivity index (χ4v) is 2.23. The number of imidazole rings is 1. The Bertz CT molecular complexity index is 423. The first-order valence-electron chi connectivity index (χ1n) is 5.59. The molecule has 3 rings (SSSR count). The molecule has 3 heterocycles.